The van der Waals surface area contributed by atoms with Crippen LogP contribution in [0.25, 0.3) is 11.4 Å². The summed E-state index contributed by atoms with van der Waals surface area (Å²) >= 11 is 0. The molecule has 1 atom stereocenters. The van der Waals surface area contributed by atoms with Gasteiger partial charge in [0, 0.05) is 30.0 Å². The minimum atomic E-state index is -0.572. The summed E-state index contributed by atoms with van der Waals surface area (Å²) < 4.78 is 0. The first kappa shape index (κ1) is 18.6. The molecule has 0 aliphatic heterocycles. The summed E-state index contributed by atoms with van der Waals surface area (Å²) in [5.41, 5.74) is 2.74. The molecule has 1 unspecified atom stereocenters. The highest BCUT2D eigenvalue weighted by Crippen LogP contribution is 2.19. The van der Waals surface area contributed by atoms with Crippen LogP contribution in [-0.2, 0) is 4.79 Å². The van der Waals surface area contributed by atoms with Crippen molar-refractivity contribution in [2.24, 2.45) is 0 Å². The molecule has 0 saturated carbocycles. The highest BCUT2D eigenvalue weighted by molar-refractivity contribution is 5.93. The molecule has 2 aromatic carbocycles. The molecule has 0 aliphatic rings. The summed E-state index contributed by atoms with van der Waals surface area (Å²) in [6.45, 7) is 7.88. The number of carbonyl (C=O) groups is 1. The van der Waals surface area contributed by atoms with Crippen LogP contribution in [0.2, 0.25) is 0 Å². The van der Waals surface area contributed by atoms with Crippen LogP contribution in [0.3, 0.4) is 0 Å². The van der Waals surface area contributed by atoms with Crippen molar-refractivity contribution in [1.82, 2.24) is 20.2 Å². The van der Waals surface area contributed by atoms with E-state index in [4.69, 9.17) is 0 Å². The van der Waals surface area contributed by atoms with E-state index >= 15 is 0 Å². The maximum atomic E-state index is 12.5. The van der Waals surface area contributed by atoms with Gasteiger partial charge in [0.15, 0.2) is 0 Å². The van der Waals surface area contributed by atoms with Gasteiger partial charge in [0.25, 0.3) is 5.91 Å². The van der Waals surface area contributed by atoms with Gasteiger partial charge in [0.05, 0.1) is 0 Å². The lowest BCUT2D eigenvalue weighted by Gasteiger charge is -2.21. The van der Waals surface area contributed by atoms with E-state index in [1.54, 1.807) is 6.92 Å². The summed E-state index contributed by atoms with van der Waals surface area (Å²) in [6, 6.07) is 16.8. The maximum Gasteiger partial charge on any atom is 0.250 e. The molecule has 0 spiro atoms. The van der Waals surface area contributed by atoms with Gasteiger partial charge >= 0.3 is 0 Å². The predicted octanol–water partition coefficient (Wildman–Crippen LogP) is 3.39. The van der Waals surface area contributed by atoms with Crippen LogP contribution in [0, 0.1) is 0 Å². The van der Waals surface area contributed by atoms with Crippen LogP contribution in [0.4, 0.5) is 11.4 Å². The third kappa shape index (κ3) is 4.31. The third-order valence-corrected chi connectivity index (χ3v) is 4.45. The Balaban J connectivity index is 1.67. The van der Waals surface area contributed by atoms with Crippen LogP contribution < -0.4 is 10.2 Å². The predicted molar refractivity (Wildman–Crippen MR) is 107 cm³/mol. The number of rotatable bonds is 7. The van der Waals surface area contributed by atoms with Gasteiger partial charge in [-0.25, -0.2) is 0 Å². The van der Waals surface area contributed by atoms with Gasteiger partial charge in [0.2, 0.25) is 5.82 Å². The number of benzene rings is 2. The first-order valence-corrected chi connectivity index (χ1v) is 9.13. The highest BCUT2D eigenvalue weighted by Gasteiger charge is 2.19. The Hall–Kier alpha value is -3.22. The summed E-state index contributed by atoms with van der Waals surface area (Å²) in [6.07, 6.45) is 0. The monoisotopic (exact) mass is 364 g/mol. The number of amides is 1. The molecular weight excluding hydrogens is 340 g/mol. The molecule has 1 aromatic heterocycles. The SMILES string of the molecule is CCN(CC)c1ccc(NC(=O)C(C)n2nnc(-c3ccccc3)n2)cc1. The topological polar surface area (TPSA) is 75.9 Å². The highest BCUT2D eigenvalue weighted by atomic mass is 16.2. The molecule has 7 heteroatoms. The Morgan fingerprint density at radius 3 is 2.37 bits per heavy atom. The summed E-state index contributed by atoms with van der Waals surface area (Å²) in [4.78, 5) is 16.1. The van der Waals surface area contributed by atoms with Gasteiger partial charge in [0.1, 0.15) is 6.04 Å². The lowest BCUT2D eigenvalue weighted by atomic mass is 10.2. The van der Waals surface area contributed by atoms with Crippen LogP contribution in [-0.4, -0.2) is 39.2 Å². The van der Waals surface area contributed by atoms with E-state index in [9.17, 15) is 4.79 Å². The zero-order valence-corrected chi connectivity index (χ0v) is 15.8. The van der Waals surface area contributed by atoms with Crippen molar-refractivity contribution in [3.63, 3.8) is 0 Å². The average Bonchev–Trinajstić information content (AvgIpc) is 3.20. The van der Waals surface area contributed by atoms with Gasteiger partial charge in [-0.3, -0.25) is 4.79 Å². The lowest BCUT2D eigenvalue weighted by molar-refractivity contribution is -0.119. The number of nitrogens with zero attached hydrogens (tertiary/aromatic N) is 5. The molecule has 140 valence electrons. The van der Waals surface area contributed by atoms with E-state index in [-0.39, 0.29) is 5.91 Å². The summed E-state index contributed by atoms with van der Waals surface area (Å²) in [7, 11) is 0. The second kappa shape index (κ2) is 8.44. The van der Waals surface area contributed by atoms with Crippen molar-refractivity contribution in [1.29, 1.82) is 0 Å². The van der Waals surface area contributed by atoms with Crippen molar-refractivity contribution in [3.05, 3.63) is 54.6 Å². The van der Waals surface area contributed by atoms with E-state index in [0.29, 0.717) is 5.82 Å². The molecule has 1 amide bonds. The fourth-order valence-electron chi connectivity index (χ4n) is 2.79. The summed E-state index contributed by atoms with van der Waals surface area (Å²) in [5.74, 6) is 0.307. The molecule has 0 radical (unpaired) electrons. The van der Waals surface area contributed by atoms with Crippen LogP contribution in [0.1, 0.15) is 26.8 Å². The molecule has 0 fully saturated rings. The van der Waals surface area contributed by atoms with E-state index in [2.05, 4.69) is 39.5 Å². The molecule has 0 saturated heterocycles. The molecular formula is C20H24N6O. The molecule has 27 heavy (non-hydrogen) atoms. The van der Waals surface area contributed by atoms with Crippen LogP contribution in [0.5, 0.6) is 0 Å². The largest absolute Gasteiger partial charge is 0.372 e. The quantitative estimate of drug-likeness (QED) is 0.695. The van der Waals surface area contributed by atoms with Gasteiger partial charge in [-0.2, -0.15) is 4.80 Å². The first-order chi connectivity index (χ1) is 13.1. The van der Waals surface area contributed by atoms with E-state index in [1.807, 2.05) is 54.6 Å². The number of hydrogen-bond acceptors (Lipinski definition) is 5. The second-order valence-corrected chi connectivity index (χ2v) is 6.18. The smallest absolute Gasteiger partial charge is 0.250 e. The van der Waals surface area contributed by atoms with Crippen molar-refractivity contribution in [2.45, 2.75) is 26.8 Å². The molecule has 1 heterocycles. The third-order valence-electron chi connectivity index (χ3n) is 4.45. The molecule has 3 aromatic rings. The second-order valence-electron chi connectivity index (χ2n) is 6.18. The van der Waals surface area contributed by atoms with Crippen LogP contribution in [0.15, 0.2) is 54.6 Å². The van der Waals surface area contributed by atoms with Crippen molar-refractivity contribution >= 4 is 17.3 Å². The molecule has 3 rings (SSSR count). The van der Waals surface area contributed by atoms with Gasteiger partial charge in [-0.1, -0.05) is 30.3 Å². The number of aromatic nitrogens is 4. The number of anilines is 2. The van der Waals surface area contributed by atoms with E-state index in [1.165, 1.54) is 4.80 Å². The number of carbonyl (C=O) groups excluding carboxylic acids is 1. The number of hydrogen-bond donors (Lipinski definition) is 1. The standard InChI is InChI=1S/C20H24N6O/c1-4-25(5-2)18-13-11-17(12-14-18)21-20(27)15(3)26-23-19(22-24-26)16-9-7-6-8-10-16/h6-15H,4-5H2,1-3H3,(H,21,27). The minimum absolute atomic E-state index is 0.192. The molecule has 7 nitrogen and oxygen atoms in total. The Kier molecular flexibility index (Phi) is 5.80. The summed E-state index contributed by atoms with van der Waals surface area (Å²) in [5, 5.41) is 15.3. The zero-order valence-electron chi connectivity index (χ0n) is 15.8. The Labute approximate surface area is 159 Å². The molecule has 1 N–H and O–H groups in total. The van der Waals surface area contributed by atoms with Gasteiger partial charge in [-0.05, 0) is 50.3 Å². The normalized spacial score (nSPS) is 11.8. The van der Waals surface area contributed by atoms with Crippen LogP contribution >= 0.6 is 0 Å². The Morgan fingerprint density at radius 2 is 1.74 bits per heavy atom. The average molecular weight is 364 g/mol. The zero-order chi connectivity index (χ0) is 19.2. The maximum absolute atomic E-state index is 12.5. The molecule has 0 bridgehead atoms. The van der Waals surface area contributed by atoms with Gasteiger partial charge < -0.3 is 10.2 Å². The van der Waals surface area contributed by atoms with Crippen molar-refractivity contribution < 1.29 is 4.79 Å². The lowest BCUT2D eigenvalue weighted by Crippen LogP contribution is -2.25. The number of nitrogens with one attached hydrogen (secondary N) is 1. The molecule has 0 aliphatic carbocycles. The first-order valence-electron chi connectivity index (χ1n) is 9.13. The number of tetrazole rings is 1. The Bertz CT molecular complexity index is 871. The fraction of sp³-hybridized carbons (Fsp3) is 0.300. The van der Waals surface area contributed by atoms with Gasteiger partial charge in [-0.15, -0.1) is 10.2 Å². The van der Waals surface area contributed by atoms with Crippen molar-refractivity contribution in [3.8, 4) is 11.4 Å². The minimum Gasteiger partial charge on any atom is -0.372 e. The van der Waals surface area contributed by atoms with Crippen molar-refractivity contribution in [2.75, 3.05) is 23.3 Å². The van der Waals surface area contributed by atoms with E-state index in [0.717, 1.165) is 30.0 Å². The Morgan fingerprint density at radius 1 is 1.07 bits per heavy atom. The fourth-order valence-corrected chi connectivity index (χ4v) is 2.79. The van der Waals surface area contributed by atoms with E-state index < -0.39 is 6.04 Å².